The zero-order chi connectivity index (χ0) is 15.4. The van der Waals surface area contributed by atoms with Crippen molar-refractivity contribution in [2.24, 2.45) is 0 Å². The van der Waals surface area contributed by atoms with Gasteiger partial charge >= 0.3 is 0 Å². The molecule has 5 nitrogen and oxygen atoms in total. The van der Waals surface area contributed by atoms with E-state index in [4.69, 9.17) is 16.9 Å². The fourth-order valence-corrected chi connectivity index (χ4v) is 2.20. The van der Waals surface area contributed by atoms with Gasteiger partial charge in [0.15, 0.2) is 0 Å². The highest BCUT2D eigenvalue weighted by atomic mass is 79.9. The van der Waals surface area contributed by atoms with E-state index in [-0.39, 0.29) is 11.3 Å². The average molecular weight is 367 g/mol. The normalized spacial score (nSPS) is 9.95. The average Bonchev–Trinajstić information content (AvgIpc) is 2.48. The fourth-order valence-electron chi connectivity index (χ4n) is 1.75. The van der Waals surface area contributed by atoms with E-state index in [0.29, 0.717) is 17.3 Å². The van der Waals surface area contributed by atoms with Crippen LogP contribution in [0.5, 0.6) is 0 Å². The Hall–Kier alpha value is -2.10. The standard InChI is InChI=1S/C14H9BrClN3O2/c15-11-3-1-10(5-12(11)16)8-18-13-4-2-9(7-17)6-14(13)19(20)21/h1-6,18H,8H2. The minimum absolute atomic E-state index is 0.128. The Morgan fingerprint density at radius 3 is 2.71 bits per heavy atom. The molecule has 0 radical (unpaired) electrons. The molecule has 0 aromatic heterocycles. The Morgan fingerprint density at radius 2 is 2.10 bits per heavy atom. The Morgan fingerprint density at radius 1 is 1.33 bits per heavy atom. The number of benzene rings is 2. The van der Waals surface area contributed by atoms with E-state index in [2.05, 4.69) is 21.2 Å². The quantitative estimate of drug-likeness (QED) is 0.638. The van der Waals surface area contributed by atoms with Crippen LogP contribution in [0, 0.1) is 21.4 Å². The summed E-state index contributed by atoms with van der Waals surface area (Å²) in [4.78, 5) is 10.5. The summed E-state index contributed by atoms with van der Waals surface area (Å²) in [5.41, 5.74) is 1.37. The van der Waals surface area contributed by atoms with Crippen molar-refractivity contribution in [3.63, 3.8) is 0 Å². The van der Waals surface area contributed by atoms with E-state index in [0.717, 1.165) is 10.0 Å². The molecule has 2 aromatic rings. The van der Waals surface area contributed by atoms with E-state index in [1.165, 1.54) is 18.2 Å². The number of hydrogen-bond donors (Lipinski definition) is 1. The molecule has 1 N–H and O–H groups in total. The summed E-state index contributed by atoms with van der Waals surface area (Å²) in [5.74, 6) is 0. The lowest BCUT2D eigenvalue weighted by atomic mass is 10.1. The number of nitrogens with zero attached hydrogens (tertiary/aromatic N) is 2. The minimum atomic E-state index is -0.516. The molecule has 0 amide bonds. The molecular formula is C14H9BrClN3O2. The first-order valence-electron chi connectivity index (χ1n) is 5.87. The van der Waals surface area contributed by atoms with Crippen molar-refractivity contribution >= 4 is 38.9 Å². The molecule has 21 heavy (non-hydrogen) atoms. The second kappa shape index (κ2) is 6.57. The number of nitrogens with one attached hydrogen (secondary N) is 1. The van der Waals surface area contributed by atoms with Gasteiger partial charge in [0.2, 0.25) is 0 Å². The predicted octanol–water partition coefficient (Wildman–Crippen LogP) is 4.49. The first-order chi connectivity index (χ1) is 10.0. The number of anilines is 1. The molecule has 0 fully saturated rings. The minimum Gasteiger partial charge on any atom is -0.375 e. The van der Waals surface area contributed by atoms with Crippen molar-refractivity contribution in [3.05, 3.63) is 67.1 Å². The third-order valence-electron chi connectivity index (χ3n) is 2.79. The molecule has 0 heterocycles. The van der Waals surface area contributed by atoms with Gasteiger partial charge in [-0.1, -0.05) is 17.7 Å². The molecule has 0 saturated carbocycles. The highest BCUT2D eigenvalue weighted by molar-refractivity contribution is 9.10. The third kappa shape index (κ3) is 3.72. The largest absolute Gasteiger partial charge is 0.375 e. The van der Waals surface area contributed by atoms with E-state index < -0.39 is 4.92 Å². The second-order valence-corrected chi connectivity index (χ2v) is 5.46. The van der Waals surface area contributed by atoms with Crippen LogP contribution >= 0.6 is 27.5 Å². The van der Waals surface area contributed by atoms with Crippen LogP contribution in [0.25, 0.3) is 0 Å². The lowest BCUT2D eigenvalue weighted by Gasteiger charge is -2.08. The second-order valence-electron chi connectivity index (χ2n) is 4.20. The number of halogens is 2. The van der Waals surface area contributed by atoms with Gasteiger partial charge in [0.05, 0.1) is 21.6 Å². The van der Waals surface area contributed by atoms with Crippen molar-refractivity contribution < 1.29 is 4.92 Å². The van der Waals surface area contributed by atoms with Gasteiger partial charge in [0, 0.05) is 17.1 Å². The summed E-state index contributed by atoms with van der Waals surface area (Å²) < 4.78 is 0.789. The third-order valence-corrected chi connectivity index (χ3v) is 4.02. The molecule has 0 spiro atoms. The molecule has 0 atom stereocenters. The molecule has 106 valence electrons. The Labute approximate surface area is 134 Å². The molecule has 2 aromatic carbocycles. The van der Waals surface area contributed by atoms with E-state index in [9.17, 15) is 10.1 Å². The van der Waals surface area contributed by atoms with Crippen molar-refractivity contribution in [1.82, 2.24) is 0 Å². The lowest BCUT2D eigenvalue weighted by Crippen LogP contribution is -2.03. The SMILES string of the molecule is N#Cc1ccc(NCc2ccc(Br)c(Cl)c2)c([N+](=O)[O-])c1. The van der Waals surface area contributed by atoms with Crippen LogP contribution in [0.4, 0.5) is 11.4 Å². The van der Waals surface area contributed by atoms with E-state index >= 15 is 0 Å². The van der Waals surface area contributed by atoms with Crippen LogP contribution < -0.4 is 5.32 Å². The highest BCUT2D eigenvalue weighted by Gasteiger charge is 2.14. The summed E-state index contributed by atoms with van der Waals surface area (Å²) in [6, 6.07) is 11.6. The van der Waals surface area contributed by atoms with Gasteiger partial charge in [-0.15, -0.1) is 0 Å². The summed E-state index contributed by atoms with van der Waals surface area (Å²) >= 11 is 9.30. The predicted molar refractivity (Wildman–Crippen MR) is 84.3 cm³/mol. The number of nitro groups is 1. The number of rotatable bonds is 4. The Balaban J connectivity index is 2.21. The van der Waals surface area contributed by atoms with Crippen LogP contribution in [0.1, 0.15) is 11.1 Å². The maximum atomic E-state index is 11.0. The highest BCUT2D eigenvalue weighted by Crippen LogP contribution is 2.27. The van der Waals surface area contributed by atoms with Gasteiger partial charge in [-0.05, 0) is 45.8 Å². The molecule has 0 aliphatic carbocycles. The molecule has 2 rings (SSSR count). The van der Waals surface area contributed by atoms with Crippen LogP contribution in [0.15, 0.2) is 40.9 Å². The topological polar surface area (TPSA) is 79.0 Å². The lowest BCUT2D eigenvalue weighted by molar-refractivity contribution is -0.384. The monoisotopic (exact) mass is 365 g/mol. The molecular weight excluding hydrogens is 358 g/mol. The Bertz CT molecular complexity index is 743. The van der Waals surface area contributed by atoms with Gasteiger partial charge in [-0.25, -0.2) is 0 Å². The molecule has 0 saturated heterocycles. The van der Waals surface area contributed by atoms with Gasteiger partial charge in [0.25, 0.3) is 5.69 Å². The first kappa shape index (κ1) is 15.3. The summed E-state index contributed by atoms with van der Waals surface area (Å²) in [5, 5.41) is 23.4. The van der Waals surface area contributed by atoms with Crippen molar-refractivity contribution in [2.45, 2.75) is 6.54 Å². The van der Waals surface area contributed by atoms with Crippen LogP contribution in [-0.4, -0.2) is 4.92 Å². The van der Waals surface area contributed by atoms with Crippen molar-refractivity contribution in [1.29, 1.82) is 5.26 Å². The summed E-state index contributed by atoms with van der Waals surface area (Å²) in [7, 11) is 0. The van der Waals surface area contributed by atoms with Gasteiger partial charge < -0.3 is 5.32 Å². The van der Waals surface area contributed by atoms with Gasteiger partial charge in [-0.2, -0.15) is 5.26 Å². The van der Waals surface area contributed by atoms with Crippen LogP contribution in [0.2, 0.25) is 5.02 Å². The molecule has 0 aliphatic heterocycles. The fraction of sp³-hybridized carbons (Fsp3) is 0.0714. The summed E-state index contributed by atoms with van der Waals surface area (Å²) in [6.07, 6.45) is 0. The van der Waals surface area contributed by atoms with Crippen molar-refractivity contribution in [2.75, 3.05) is 5.32 Å². The number of nitriles is 1. The molecule has 0 aliphatic rings. The number of hydrogen-bond acceptors (Lipinski definition) is 4. The molecule has 0 bridgehead atoms. The van der Waals surface area contributed by atoms with E-state index in [1.807, 2.05) is 18.2 Å². The van der Waals surface area contributed by atoms with Crippen molar-refractivity contribution in [3.8, 4) is 6.07 Å². The van der Waals surface area contributed by atoms with Gasteiger partial charge in [0.1, 0.15) is 5.69 Å². The maximum Gasteiger partial charge on any atom is 0.293 e. The van der Waals surface area contributed by atoms with E-state index in [1.54, 1.807) is 6.07 Å². The molecule has 7 heteroatoms. The van der Waals surface area contributed by atoms with Crippen LogP contribution in [0.3, 0.4) is 0 Å². The molecule has 0 unspecified atom stereocenters. The zero-order valence-corrected chi connectivity index (χ0v) is 13.0. The van der Waals surface area contributed by atoms with Crippen LogP contribution in [-0.2, 0) is 6.54 Å². The summed E-state index contributed by atoms with van der Waals surface area (Å²) in [6.45, 7) is 0.389. The Kier molecular flexibility index (Phi) is 4.78. The maximum absolute atomic E-state index is 11.0. The number of nitro benzene ring substituents is 1. The smallest absolute Gasteiger partial charge is 0.293 e. The zero-order valence-electron chi connectivity index (χ0n) is 10.6. The van der Waals surface area contributed by atoms with Gasteiger partial charge in [-0.3, -0.25) is 10.1 Å². The first-order valence-corrected chi connectivity index (χ1v) is 7.04.